The molecule has 0 amide bonds. The van der Waals surface area contributed by atoms with E-state index in [1.54, 1.807) is 12.1 Å². The Labute approximate surface area is 124 Å². The fourth-order valence-corrected chi connectivity index (χ4v) is 2.35. The van der Waals surface area contributed by atoms with E-state index >= 15 is 0 Å². The predicted octanol–water partition coefficient (Wildman–Crippen LogP) is 5.05. The number of rotatable bonds is 5. The molecule has 0 aliphatic carbocycles. The molecule has 0 spiro atoms. The molecule has 0 aromatic heterocycles. The lowest BCUT2D eigenvalue weighted by atomic mass is 9.97. The van der Waals surface area contributed by atoms with Crippen LogP contribution in [0.25, 0.3) is 11.1 Å². The number of carboxylic acids is 1. The lowest BCUT2D eigenvalue weighted by Crippen LogP contribution is -1.99. The Kier molecular flexibility index (Phi) is 4.80. The fraction of sp³-hybridized carbons (Fsp3) is 0.235. The number of unbranched alkanes of at least 4 members (excludes halogenated alkanes) is 1. The molecular weight excluding hydrogens is 272 g/mol. The fourth-order valence-electron chi connectivity index (χ4n) is 2.18. The van der Waals surface area contributed by atoms with Crippen LogP contribution in [-0.4, -0.2) is 11.1 Å². The van der Waals surface area contributed by atoms with Crippen molar-refractivity contribution in [2.45, 2.75) is 26.2 Å². The van der Waals surface area contributed by atoms with Crippen LogP contribution in [-0.2, 0) is 6.42 Å². The zero-order chi connectivity index (χ0) is 14.5. The highest BCUT2D eigenvalue weighted by Gasteiger charge is 2.12. The van der Waals surface area contributed by atoms with Crippen LogP contribution in [0, 0.1) is 0 Å². The van der Waals surface area contributed by atoms with Gasteiger partial charge in [-0.1, -0.05) is 55.3 Å². The van der Waals surface area contributed by atoms with Crippen LogP contribution < -0.4 is 0 Å². The lowest BCUT2D eigenvalue weighted by Gasteiger charge is -2.08. The molecule has 2 nitrogen and oxygen atoms in total. The SMILES string of the molecule is CCCCc1ccc(-c2ccc(Cl)cc2C(=O)O)cc1. The summed E-state index contributed by atoms with van der Waals surface area (Å²) >= 11 is 5.87. The predicted molar refractivity (Wildman–Crippen MR) is 82.5 cm³/mol. The molecule has 0 bridgehead atoms. The zero-order valence-corrected chi connectivity index (χ0v) is 12.2. The summed E-state index contributed by atoms with van der Waals surface area (Å²) in [6, 6.07) is 13.0. The number of carbonyl (C=O) groups is 1. The van der Waals surface area contributed by atoms with Crippen molar-refractivity contribution in [2.24, 2.45) is 0 Å². The van der Waals surface area contributed by atoms with E-state index in [4.69, 9.17) is 11.6 Å². The molecular formula is C17H17ClO2. The van der Waals surface area contributed by atoms with Gasteiger partial charge >= 0.3 is 5.97 Å². The third-order valence-corrected chi connectivity index (χ3v) is 3.53. The van der Waals surface area contributed by atoms with Gasteiger partial charge in [0, 0.05) is 5.02 Å². The van der Waals surface area contributed by atoms with Gasteiger partial charge in [0.05, 0.1) is 5.56 Å². The first kappa shape index (κ1) is 14.6. The minimum absolute atomic E-state index is 0.235. The average molecular weight is 289 g/mol. The third-order valence-electron chi connectivity index (χ3n) is 3.30. The van der Waals surface area contributed by atoms with E-state index in [2.05, 4.69) is 19.1 Å². The van der Waals surface area contributed by atoms with Crippen LogP contribution in [0.5, 0.6) is 0 Å². The smallest absolute Gasteiger partial charge is 0.336 e. The topological polar surface area (TPSA) is 37.3 Å². The summed E-state index contributed by atoms with van der Waals surface area (Å²) in [5.74, 6) is -0.961. The molecule has 0 fully saturated rings. The lowest BCUT2D eigenvalue weighted by molar-refractivity contribution is 0.0697. The number of aromatic carboxylic acids is 1. The Morgan fingerprint density at radius 2 is 1.85 bits per heavy atom. The first-order valence-corrected chi connectivity index (χ1v) is 7.11. The van der Waals surface area contributed by atoms with Crippen LogP contribution in [0.4, 0.5) is 0 Å². The molecule has 0 heterocycles. The second-order valence-corrected chi connectivity index (χ2v) is 5.23. The van der Waals surface area contributed by atoms with Crippen LogP contribution in [0.2, 0.25) is 5.02 Å². The van der Waals surface area contributed by atoms with Gasteiger partial charge in [-0.15, -0.1) is 0 Å². The maximum atomic E-state index is 11.3. The molecule has 0 aliphatic rings. The van der Waals surface area contributed by atoms with Crippen LogP contribution in [0.3, 0.4) is 0 Å². The van der Waals surface area contributed by atoms with E-state index in [9.17, 15) is 9.90 Å². The number of hydrogen-bond donors (Lipinski definition) is 1. The third kappa shape index (κ3) is 3.40. The van der Waals surface area contributed by atoms with E-state index in [-0.39, 0.29) is 5.56 Å². The summed E-state index contributed by atoms with van der Waals surface area (Å²) in [4.78, 5) is 11.3. The average Bonchev–Trinajstić information content (AvgIpc) is 2.45. The number of aryl methyl sites for hydroxylation is 1. The standard InChI is InChI=1S/C17H17ClO2/c1-2-3-4-12-5-7-13(8-6-12)15-10-9-14(18)11-16(15)17(19)20/h5-11H,2-4H2,1H3,(H,19,20). The van der Waals surface area contributed by atoms with Crippen LogP contribution >= 0.6 is 11.6 Å². The largest absolute Gasteiger partial charge is 0.478 e. The Bertz CT molecular complexity index is 603. The first-order valence-electron chi connectivity index (χ1n) is 6.74. The Hall–Kier alpha value is -1.80. The van der Waals surface area contributed by atoms with Gasteiger partial charge in [-0.05, 0) is 41.7 Å². The van der Waals surface area contributed by atoms with Gasteiger partial charge in [-0.2, -0.15) is 0 Å². The van der Waals surface area contributed by atoms with Crippen molar-refractivity contribution in [2.75, 3.05) is 0 Å². The van der Waals surface area contributed by atoms with E-state index in [1.165, 1.54) is 24.5 Å². The Morgan fingerprint density at radius 1 is 1.15 bits per heavy atom. The van der Waals surface area contributed by atoms with Crippen molar-refractivity contribution in [3.8, 4) is 11.1 Å². The summed E-state index contributed by atoms with van der Waals surface area (Å²) in [6.07, 6.45) is 3.39. The molecule has 2 aromatic carbocycles. The Morgan fingerprint density at radius 3 is 2.45 bits per heavy atom. The summed E-state index contributed by atoms with van der Waals surface area (Å²) in [6.45, 7) is 2.17. The van der Waals surface area contributed by atoms with Gasteiger partial charge in [0.2, 0.25) is 0 Å². The molecule has 0 atom stereocenters. The van der Waals surface area contributed by atoms with Crippen molar-refractivity contribution in [3.63, 3.8) is 0 Å². The van der Waals surface area contributed by atoms with Crippen molar-refractivity contribution in [1.82, 2.24) is 0 Å². The van der Waals surface area contributed by atoms with Crippen LogP contribution in [0.15, 0.2) is 42.5 Å². The second-order valence-electron chi connectivity index (χ2n) is 4.80. The monoisotopic (exact) mass is 288 g/mol. The highest BCUT2D eigenvalue weighted by Crippen LogP contribution is 2.27. The highest BCUT2D eigenvalue weighted by atomic mass is 35.5. The zero-order valence-electron chi connectivity index (χ0n) is 11.4. The molecule has 3 heteroatoms. The molecule has 20 heavy (non-hydrogen) atoms. The molecule has 104 valence electrons. The van der Waals surface area contributed by atoms with Crippen molar-refractivity contribution in [3.05, 3.63) is 58.6 Å². The van der Waals surface area contributed by atoms with Crippen LogP contribution in [0.1, 0.15) is 35.7 Å². The van der Waals surface area contributed by atoms with Gasteiger partial charge in [-0.3, -0.25) is 0 Å². The molecule has 0 unspecified atom stereocenters. The molecule has 2 rings (SSSR count). The number of carboxylic acid groups (broad SMARTS) is 1. The normalized spacial score (nSPS) is 10.5. The maximum Gasteiger partial charge on any atom is 0.336 e. The molecule has 0 radical (unpaired) electrons. The van der Waals surface area contributed by atoms with Crippen molar-refractivity contribution < 1.29 is 9.90 Å². The number of hydrogen-bond acceptors (Lipinski definition) is 1. The highest BCUT2D eigenvalue weighted by molar-refractivity contribution is 6.31. The van der Waals surface area contributed by atoms with Crippen molar-refractivity contribution in [1.29, 1.82) is 0 Å². The van der Waals surface area contributed by atoms with Gasteiger partial charge in [0.25, 0.3) is 0 Å². The van der Waals surface area contributed by atoms with E-state index in [0.717, 1.165) is 12.0 Å². The number of halogens is 1. The molecule has 0 saturated carbocycles. The molecule has 1 N–H and O–H groups in total. The summed E-state index contributed by atoms with van der Waals surface area (Å²) in [5.41, 5.74) is 3.11. The van der Waals surface area contributed by atoms with Gasteiger partial charge in [-0.25, -0.2) is 4.79 Å². The van der Waals surface area contributed by atoms with Gasteiger partial charge in [0.1, 0.15) is 0 Å². The van der Waals surface area contributed by atoms with Gasteiger partial charge < -0.3 is 5.11 Å². The quantitative estimate of drug-likeness (QED) is 0.836. The first-order chi connectivity index (χ1) is 9.61. The summed E-state index contributed by atoms with van der Waals surface area (Å²) in [7, 11) is 0. The van der Waals surface area contributed by atoms with Crippen molar-refractivity contribution >= 4 is 17.6 Å². The van der Waals surface area contributed by atoms with E-state index < -0.39 is 5.97 Å². The minimum Gasteiger partial charge on any atom is -0.478 e. The summed E-state index contributed by atoms with van der Waals surface area (Å²) in [5, 5.41) is 9.70. The maximum absolute atomic E-state index is 11.3. The second kappa shape index (κ2) is 6.58. The van der Waals surface area contributed by atoms with E-state index in [0.29, 0.717) is 10.6 Å². The Balaban J connectivity index is 2.34. The molecule has 2 aromatic rings. The molecule has 0 saturated heterocycles. The van der Waals surface area contributed by atoms with E-state index in [1.807, 2.05) is 12.1 Å². The van der Waals surface area contributed by atoms with Gasteiger partial charge in [0.15, 0.2) is 0 Å². The minimum atomic E-state index is -0.961. The number of benzene rings is 2. The summed E-state index contributed by atoms with van der Waals surface area (Å²) < 4.78 is 0. The molecule has 0 aliphatic heterocycles.